The second-order valence-electron chi connectivity index (χ2n) is 9.16. The Hall–Kier alpha value is -3.12. The quantitative estimate of drug-likeness (QED) is 0.322. The monoisotopic (exact) mass is 550 g/mol. The Kier molecular flexibility index (Phi) is 10.1. The van der Waals surface area contributed by atoms with Crippen LogP contribution < -0.4 is 10.1 Å². The summed E-state index contributed by atoms with van der Waals surface area (Å²) >= 11 is 3.57. The van der Waals surface area contributed by atoms with Crippen molar-refractivity contribution in [2.45, 2.75) is 53.1 Å². The van der Waals surface area contributed by atoms with Crippen molar-refractivity contribution in [3.05, 3.63) is 99.0 Å². The van der Waals surface area contributed by atoms with E-state index in [0.717, 1.165) is 38.7 Å². The van der Waals surface area contributed by atoms with Gasteiger partial charge in [0.05, 0.1) is 0 Å². The molecule has 0 spiro atoms. The van der Waals surface area contributed by atoms with Gasteiger partial charge in [-0.2, -0.15) is 0 Å². The maximum atomic E-state index is 13.6. The van der Waals surface area contributed by atoms with Crippen molar-refractivity contribution in [2.75, 3.05) is 13.2 Å². The molecule has 0 radical (unpaired) electrons. The number of carbonyl (C=O) groups excluding carboxylic acids is 2. The van der Waals surface area contributed by atoms with Crippen LogP contribution in [0.15, 0.2) is 71.2 Å². The first kappa shape index (κ1) is 27.5. The molecule has 0 unspecified atom stereocenters. The molecule has 3 aromatic carbocycles. The van der Waals surface area contributed by atoms with Gasteiger partial charge in [0, 0.05) is 24.0 Å². The number of nitrogens with one attached hydrogen (secondary N) is 1. The summed E-state index contributed by atoms with van der Waals surface area (Å²) in [6.45, 7) is 8.74. The standard InChI is InChI=1S/C30H35BrN2O3/c1-5-15-32-30(35)27(18-24-9-7-6-8-10-24)33(19-25-13-11-21(2)12-14-25)28(34)20-36-26-16-22(3)29(31)23(4)17-26/h6-14,16-17,27H,5,15,18-20H2,1-4H3,(H,32,35)/t27-/m0/s1. The lowest BCUT2D eigenvalue weighted by molar-refractivity contribution is -0.142. The lowest BCUT2D eigenvalue weighted by atomic mass is 10.0. The zero-order valence-electron chi connectivity index (χ0n) is 21.5. The largest absolute Gasteiger partial charge is 0.484 e. The number of hydrogen-bond acceptors (Lipinski definition) is 3. The molecule has 0 aromatic heterocycles. The predicted molar refractivity (Wildman–Crippen MR) is 148 cm³/mol. The molecule has 3 rings (SSSR count). The normalized spacial score (nSPS) is 11.6. The minimum atomic E-state index is -0.662. The zero-order valence-corrected chi connectivity index (χ0v) is 23.1. The van der Waals surface area contributed by atoms with E-state index >= 15 is 0 Å². The molecule has 0 bridgehead atoms. The first-order valence-electron chi connectivity index (χ1n) is 12.3. The summed E-state index contributed by atoms with van der Waals surface area (Å²) in [6.07, 6.45) is 1.24. The van der Waals surface area contributed by atoms with Crippen molar-refractivity contribution >= 4 is 27.7 Å². The lowest BCUT2D eigenvalue weighted by Gasteiger charge is -2.31. The van der Waals surface area contributed by atoms with Crippen molar-refractivity contribution in [2.24, 2.45) is 0 Å². The van der Waals surface area contributed by atoms with Crippen LogP contribution in [-0.2, 0) is 22.6 Å². The molecule has 0 fully saturated rings. The topological polar surface area (TPSA) is 58.6 Å². The van der Waals surface area contributed by atoms with Crippen LogP contribution in [0.5, 0.6) is 5.75 Å². The second-order valence-corrected chi connectivity index (χ2v) is 9.96. The Morgan fingerprint density at radius 3 is 2.19 bits per heavy atom. The highest BCUT2D eigenvalue weighted by Crippen LogP contribution is 2.26. The fourth-order valence-electron chi connectivity index (χ4n) is 4.03. The average Bonchev–Trinajstić information content (AvgIpc) is 2.88. The van der Waals surface area contributed by atoms with Crippen LogP contribution in [0, 0.1) is 20.8 Å². The molecule has 0 aliphatic carbocycles. The van der Waals surface area contributed by atoms with Gasteiger partial charge in [-0.15, -0.1) is 0 Å². The van der Waals surface area contributed by atoms with E-state index in [2.05, 4.69) is 21.2 Å². The van der Waals surface area contributed by atoms with Crippen molar-refractivity contribution in [3.8, 4) is 5.75 Å². The highest BCUT2D eigenvalue weighted by atomic mass is 79.9. The molecule has 6 heteroatoms. The van der Waals surface area contributed by atoms with E-state index in [9.17, 15) is 9.59 Å². The Morgan fingerprint density at radius 1 is 0.944 bits per heavy atom. The fourth-order valence-corrected chi connectivity index (χ4v) is 4.26. The summed E-state index contributed by atoms with van der Waals surface area (Å²) in [5.41, 5.74) is 5.17. The number of hydrogen-bond donors (Lipinski definition) is 1. The Balaban J connectivity index is 1.90. The minimum Gasteiger partial charge on any atom is -0.484 e. The van der Waals surface area contributed by atoms with E-state index in [4.69, 9.17) is 4.74 Å². The average molecular weight is 552 g/mol. The van der Waals surface area contributed by atoms with Crippen LogP contribution in [0.3, 0.4) is 0 Å². The highest BCUT2D eigenvalue weighted by Gasteiger charge is 2.30. The molecule has 1 atom stereocenters. The maximum absolute atomic E-state index is 13.6. The molecule has 0 heterocycles. The summed E-state index contributed by atoms with van der Waals surface area (Å²) in [6, 6.07) is 21.0. The van der Waals surface area contributed by atoms with Crippen molar-refractivity contribution < 1.29 is 14.3 Å². The number of rotatable bonds is 11. The summed E-state index contributed by atoms with van der Waals surface area (Å²) in [4.78, 5) is 28.6. The van der Waals surface area contributed by atoms with Gasteiger partial charge in [0.25, 0.3) is 5.91 Å². The van der Waals surface area contributed by atoms with Crippen molar-refractivity contribution in [1.82, 2.24) is 10.2 Å². The van der Waals surface area contributed by atoms with Crippen LogP contribution >= 0.6 is 15.9 Å². The molecule has 190 valence electrons. The van der Waals surface area contributed by atoms with Crippen LogP contribution in [0.2, 0.25) is 0 Å². The highest BCUT2D eigenvalue weighted by molar-refractivity contribution is 9.10. The van der Waals surface area contributed by atoms with Gasteiger partial charge in [-0.05, 0) is 61.6 Å². The SMILES string of the molecule is CCCNC(=O)[C@H](Cc1ccccc1)N(Cc1ccc(C)cc1)C(=O)COc1cc(C)c(Br)c(C)c1. The minimum absolute atomic E-state index is 0.154. The Morgan fingerprint density at radius 2 is 1.58 bits per heavy atom. The third-order valence-corrected chi connectivity index (χ3v) is 7.32. The van der Waals surface area contributed by atoms with Gasteiger partial charge in [0.2, 0.25) is 5.91 Å². The molecule has 0 saturated heterocycles. The molecule has 0 aliphatic rings. The smallest absolute Gasteiger partial charge is 0.261 e. The zero-order chi connectivity index (χ0) is 26.1. The van der Waals surface area contributed by atoms with Crippen LogP contribution in [-0.4, -0.2) is 35.9 Å². The summed E-state index contributed by atoms with van der Waals surface area (Å²) in [5, 5.41) is 3.00. The van der Waals surface area contributed by atoms with Gasteiger partial charge in [0.15, 0.2) is 6.61 Å². The molecule has 5 nitrogen and oxygen atoms in total. The van der Waals surface area contributed by atoms with E-state index in [1.54, 1.807) is 4.90 Å². The third-order valence-electron chi connectivity index (χ3n) is 6.07. The number of ether oxygens (including phenoxy) is 1. The number of amides is 2. The predicted octanol–water partition coefficient (Wildman–Crippen LogP) is 5.92. The molecule has 2 amide bonds. The van der Waals surface area contributed by atoms with Gasteiger partial charge in [0.1, 0.15) is 11.8 Å². The van der Waals surface area contributed by atoms with E-state index in [-0.39, 0.29) is 18.4 Å². The third kappa shape index (κ3) is 7.69. The first-order chi connectivity index (χ1) is 17.3. The van der Waals surface area contributed by atoms with Crippen LogP contribution in [0.1, 0.15) is 41.2 Å². The molecular weight excluding hydrogens is 516 g/mol. The summed E-state index contributed by atoms with van der Waals surface area (Å²) < 4.78 is 6.97. The maximum Gasteiger partial charge on any atom is 0.261 e. The number of nitrogens with zero attached hydrogens (tertiary/aromatic N) is 1. The fraction of sp³-hybridized carbons (Fsp3) is 0.333. The Bertz CT molecular complexity index is 1140. The molecule has 36 heavy (non-hydrogen) atoms. The van der Waals surface area contributed by atoms with Gasteiger partial charge < -0.3 is 15.0 Å². The summed E-state index contributed by atoms with van der Waals surface area (Å²) in [7, 11) is 0. The van der Waals surface area contributed by atoms with Gasteiger partial charge >= 0.3 is 0 Å². The lowest BCUT2D eigenvalue weighted by Crippen LogP contribution is -2.51. The number of aryl methyl sites for hydroxylation is 3. The van der Waals surface area contributed by atoms with Crippen LogP contribution in [0.4, 0.5) is 0 Å². The molecule has 3 aromatic rings. The van der Waals surface area contributed by atoms with E-state index in [0.29, 0.717) is 25.3 Å². The van der Waals surface area contributed by atoms with Crippen molar-refractivity contribution in [1.29, 1.82) is 0 Å². The summed E-state index contributed by atoms with van der Waals surface area (Å²) in [5.74, 6) is 0.241. The second kappa shape index (κ2) is 13.3. The van der Waals surface area contributed by atoms with Gasteiger partial charge in [-0.3, -0.25) is 9.59 Å². The van der Waals surface area contributed by atoms with E-state index < -0.39 is 6.04 Å². The van der Waals surface area contributed by atoms with Crippen molar-refractivity contribution in [3.63, 3.8) is 0 Å². The molecule has 0 aliphatic heterocycles. The van der Waals surface area contributed by atoms with Gasteiger partial charge in [-0.25, -0.2) is 0 Å². The number of carbonyl (C=O) groups is 2. The first-order valence-corrected chi connectivity index (χ1v) is 13.1. The van der Waals surface area contributed by atoms with Gasteiger partial charge in [-0.1, -0.05) is 83.0 Å². The molecule has 1 N–H and O–H groups in total. The molecular formula is C30H35BrN2O3. The number of benzene rings is 3. The number of halogens is 1. The van der Waals surface area contributed by atoms with Crippen LogP contribution in [0.25, 0.3) is 0 Å². The van der Waals surface area contributed by atoms with E-state index in [1.807, 2.05) is 94.4 Å². The van der Waals surface area contributed by atoms with E-state index in [1.165, 1.54) is 0 Å². The Labute approximate surface area is 223 Å². The molecule has 0 saturated carbocycles.